The van der Waals surface area contributed by atoms with E-state index in [0.717, 1.165) is 25.7 Å². The maximum atomic E-state index is 13.9. The molecule has 0 aliphatic heterocycles. The summed E-state index contributed by atoms with van der Waals surface area (Å²) in [5.41, 5.74) is -1.04. The lowest BCUT2D eigenvalue weighted by Gasteiger charge is -2.58. The van der Waals surface area contributed by atoms with E-state index in [2.05, 4.69) is 34.6 Å². The predicted octanol–water partition coefficient (Wildman–Crippen LogP) is 6.36. The van der Waals surface area contributed by atoms with Gasteiger partial charge in [0.25, 0.3) is 0 Å². The lowest BCUT2D eigenvalue weighted by Crippen LogP contribution is -2.60. The molecule has 4 saturated carbocycles. The van der Waals surface area contributed by atoms with Crippen molar-refractivity contribution < 1.29 is 23.9 Å². The summed E-state index contributed by atoms with van der Waals surface area (Å²) >= 11 is 0. The van der Waals surface area contributed by atoms with Gasteiger partial charge in [-0.1, -0.05) is 34.6 Å². The van der Waals surface area contributed by atoms with Crippen molar-refractivity contribution in [3.63, 3.8) is 0 Å². The van der Waals surface area contributed by atoms with Gasteiger partial charge in [-0.15, -0.1) is 0 Å². The third-order valence-electron chi connectivity index (χ3n) is 11.0. The molecule has 8 unspecified atom stereocenters. The van der Waals surface area contributed by atoms with Crippen LogP contribution in [-0.4, -0.2) is 28.9 Å². The van der Waals surface area contributed by atoms with E-state index in [1.807, 2.05) is 13.8 Å². The highest BCUT2D eigenvalue weighted by atomic mass is 16.6. The number of ketones is 3. The van der Waals surface area contributed by atoms with Crippen LogP contribution in [0.3, 0.4) is 0 Å². The normalized spacial score (nSPS) is 39.4. The second kappa shape index (κ2) is 9.66. The van der Waals surface area contributed by atoms with Crippen molar-refractivity contribution in [1.82, 2.24) is 0 Å². The minimum Gasteiger partial charge on any atom is -0.460 e. The zero-order valence-corrected chi connectivity index (χ0v) is 23.7. The van der Waals surface area contributed by atoms with Gasteiger partial charge in [-0.25, -0.2) is 0 Å². The molecule has 8 atom stereocenters. The summed E-state index contributed by atoms with van der Waals surface area (Å²) < 4.78 is 5.79. The minimum absolute atomic E-state index is 0.0545. The molecule has 4 aliphatic rings. The Labute approximate surface area is 217 Å². The van der Waals surface area contributed by atoms with Crippen LogP contribution in [0.1, 0.15) is 113 Å². The average Bonchev–Trinajstić information content (AvgIpc) is 3.11. The van der Waals surface area contributed by atoms with Gasteiger partial charge in [-0.2, -0.15) is 0 Å². The van der Waals surface area contributed by atoms with Crippen LogP contribution in [0.15, 0.2) is 0 Å². The molecule has 36 heavy (non-hydrogen) atoms. The van der Waals surface area contributed by atoms with Crippen LogP contribution in [0.25, 0.3) is 0 Å². The van der Waals surface area contributed by atoms with E-state index < -0.39 is 11.0 Å². The van der Waals surface area contributed by atoms with Crippen molar-refractivity contribution in [2.24, 2.45) is 52.3 Å². The lowest BCUT2D eigenvalue weighted by atomic mass is 9.44. The topological polar surface area (TPSA) is 77.5 Å². The second-order valence-corrected chi connectivity index (χ2v) is 14.3. The molecule has 4 rings (SSSR count). The van der Waals surface area contributed by atoms with Gasteiger partial charge < -0.3 is 4.74 Å². The van der Waals surface area contributed by atoms with Gasteiger partial charge in [0.05, 0.1) is 0 Å². The molecular weight excluding hydrogens is 452 g/mol. The first-order valence-electron chi connectivity index (χ1n) is 14.5. The molecule has 0 saturated heterocycles. The summed E-state index contributed by atoms with van der Waals surface area (Å²) in [6.07, 6.45) is 6.64. The van der Waals surface area contributed by atoms with E-state index in [-0.39, 0.29) is 52.7 Å². The Hall–Kier alpha value is -1.52. The van der Waals surface area contributed by atoms with E-state index in [0.29, 0.717) is 56.0 Å². The Kier molecular flexibility index (Phi) is 7.38. The van der Waals surface area contributed by atoms with Gasteiger partial charge in [0.2, 0.25) is 0 Å². The van der Waals surface area contributed by atoms with Crippen molar-refractivity contribution in [2.75, 3.05) is 0 Å². The fourth-order valence-electron chi connectivity index (χ4n) is 9.32. The van der Waals surface area contributed by atoms with Gasteiger partial charge in [-0.3, -0.25) is 19.2 Å². The third kappa shape index (κ3) is 4.73. The molecule has 0 N–H and O–H groups in total. The molecule has 202 valence electrons. The standard InChI is InChI=1S/C31H48O5/c1-18(2)17-29(4,5)36-27(35)11-8-19(3)22-9-10-23-28-24(16-26(34)31(22,23)7)30(6)13-12-21(32)14-20(30)15-25(28)33/h18-20,22-24,28H,8-17H2,1-7H3. The first-order chi connectivity index (χ1) is 16.7. The quantitative estimate of drug-likeness (QED) is 0.380. The van der Waals surface area contributed by atoms with Crippen molar-refractivity contribution in [1.29, 1.82) is 0 Å². The number of Topliss-reactive ketones (excluding diaryl/α,β-unsaturated/α-hetero) is 3. The van der Waals surface area contributed by atoms with E-state index in [9.17, 15) is 19.2 Å². The van der Waals surface area contributed by atoms with Gasteiger partial charge in [0.1, 0.15) is 23.0 Å². The SMILES string of the molecule is CC(C)CC(C)(C)OC(=O)CCC(C)C1CCC2C3C(=O)CC4CC(=O)CCC4(C)C3CC(=O)C12C. The van der Waals surface area contributed by atoms with Crippen LogP contribution in [-0.2, 0) is 23.9 Å². The number of rotatable bonds is 7. The highest BCUT2D eigenvalue weighted by Gasteiger charge is 2.66. The predicted molar refractivity (Wildman–Crippen MR) is 139 cm³/mol. The molecule has 0 aromatic heterocycles. The van der Waals surface area contributed by atoms with Gasteiger partial charge >= 0.3 is 5.97 Å². The average molecular weight is 501 g/mol. The molecule has 5 heteroatoms. The van der Waals surface area contributed by atoms with Crippen LogP contribution in [0.5, 0.6) is 0 Å². The highest BCUT2D eigenvalue weighted by Crippen LogP contribution is 2.66. The number of esters is 1. The Bertz CT molecular complexity index is 918. The summed E-state index contributed by atoms with van der Waals surface area (Å²) in [5, 5.41) is 0. The summed E-state index contributed by atoms with van der Waals surface area (Å²) in [7, 11) is 0. The summed E-state index contributed by atoms with van der Waals surface area (Å²) in [6, 6.07) is 0. The minimum atomic E-state index is -0.495. The van der Waals surface area contributed by atoms with Crippen LogP contribution in [0.4, 0.5) is 0 Å². The molecule has 0 amide bonds. The van der Waals surface area contributed by atoms with Crippen molar-refractivity contribution in [3.8, 4) is 0 Å². The van der Waals surface area contributed by atoms with Gasteiger partial charge in [-0.05, 0) is 86.9 Å². The molecule has 4 aliphatic carbocycles. The Morgan fingerprint density at radius 1 is 1.03 bits per heavy atom. The maximum absolute atomic E-state index is 13.9. The van der Waals surface area contributed by atoms with Crippen LogP contribution >= 0.6 is 0 Å². The first kappa shape index (κ1) is 27.5. The molecule has 0 radical (unpaired) electrons. The molecule has 0 aromatic carbocycles. The smallest absolute Gasteiger partial charge is 0.306 e. The zero-order chi connectivity index (χ0) is 26.6. The van der Waals surface area contributed by atoms with Crippen LogP contribution < -0.4 is 0 Å². The number of fused-ring (bicyclic) bond motifs is 5. The van der Waals surface area contributed by atoms with Gasteiger partial charge in [0.15, 0.2) is 0 Å². The van der Waals surface area contributed by atoms with E-state index in [4.69, 9.17) is 4.74 Å². The van der Waals surface area contributed by atoms with E-state index in [1.165, 1.54) is 0 Å². The van der Waals surface area contributed by atoms with Crippen LogP contribution in [0.2, 0.25) is 0 Å². The fraction of sp³-hybridized carbons (Fsp3) is 0.871. The summed E-state index contributed by atoms with van der Waals surface area (Å²) in [6.45, 7) is 14.8. The maximum Gasteiger partial charge on any atom is 0.306 e. The lowest BCUT2D eigenvalue weighted by molar-refractivity contribution is -0.166. The number of hydrogen-bond donors (Lipinski definition) is 0. The number of carbonyl (C=O) groups is 4. The number of hydrogen-bond acceptors (Lipinski definition) is 5. The first-order valence-corrected chi connectivity index (χ1v) is 14.5. The summed E-state index contributed by atoms with van der Waals surface area (Å²) in [5.74, 6) is 1.82. The molecular formula is C31H48O5. The Morgan fingerprint density at radius 2 is 1.72 bits per heavy atom. The van der Waals surface area contributed by atoms with E-state index in [1.54, 1.807) is 0 Å². The molecule has 0 heterocycles. The third-order valence-corrected chi connectivity index (χ3v) is 11.0. The van der Waals surface area contributed by atoms with Crippen molar-refractivity contribution in [3.05, 3.63) is 0 Å². The Morgan fingerprint density at radius 3 is 2.39 bits per heavy atom. The number of carbonyl (C=O) groups excluding carboxylic acids is 4. The van der Waals surface area contributed by atoms with Crippen LogP contribution in [0, 0.1) is 52.3 Å². The molecule has 0 spiro atoms. The zero-order valence-electron chi connectivity index (χ0n) is 23.7. The van der Waals surface area contributed by atoms with Crippen molar-refractivity contribution >= 4 is 23.3 Å². The molecule has 5 nitrogen and oxygen atoms in total. The van der Waals surface area contributed by atoms with E-state index >= 15 is 0 Å². The fourth-order valence-corrected chi connectivity index (χ4v) is 9.32. The monoisotopic (exact) mass is 500 g/mol. The number of ether oxygens (including phenoxy) is 1. The summed E-state index contributed by atoms with van der Waals surface area (Å²) in [4.78, 5) is 52.3. The Balaban J connectivity index is 1.46. The van der Waals surface area contributed by atoms with Gasteiger partial charge in [0, 0.05) is 43.4 Å². The van der Waals surface area contributed by atoms with Crippen molar-refractivity contribution in [2.45, 2.75) is 118 Å². The molecule has 4 fully saturated rings. The largest absolute Gasteiger partial charge is 0.460 e. The second-order valence-electron chi connectivity index (χ2n) is 14.3. The highest BCUT2D eigenvalue weighted by molar-refractivity contribution is 5.93. The molecule has 0 bridgehead atoms. The molecule has 0 aromatic rings.